The van der Waals surface area contributed by atoms with Crippen LogP contribution in [0.3, 0.4) is 0 Å². The van der Waals surface area contributed by atoms with E-state index in [4.69, 9.17) is 10.5 Å². The van der Waals surface area contributed by atoms with E-state index in [9.17, 15) is 0 Å². The fraction of sp³-hybridized carbons (Fsp3) is 0.733. The average molecular weight is 295 g/mol. The zero-order valence-electron chi connectivity index (χ0n) is 13.7. The predicted molar refractivity (Wildman–Crippen MR) is 87.7 cm³/mol. The van der Waals surface area contributed by atoms with Crippen molar-refractivity contribution in [2.75, 3.05) is 37.8 Å². The molecule has 6 nitrogen and oxygen atoms in total. The van der Waals surface area contributed by atoms with E-state index in [1.54, 1.807) is 0 Å². The van der Waals surface area contributed by atoms with Crippen LogP contribution in [-0.2, 0) is 0 Å². The first-order chi connectivity index (χ1) is 10.1. The lowest BCUT2D eigenvalue weighted by Gasteiger charge is -2.20. The molecule has 1 aromatic heterocycles. The molecule has 0 radical (unpaired) electrons. The minimum Gasteiger partial charge on any atom is -0.476 e. The number of nitrogens with one attached hydrogen (secondary N) is 1. The van der Waals surface area contributed by atoms with Crippen molar-refractivity contribution in [3.8, 4) is 5.88 Å². The summed E-state index contributed by atoms with van der Waals surface area (Å²) in [5.74, 6) is 1.13. The maximum atomic E-state index is 6.01. The summed E-state index contributed by atoms with van der Waals surface area (Å²) in [6, 6.07) is 0.591. The number of nitrogens with two attached hydrogens (primary N) is 1. The van der Waals surface area contributed by atoms with Crippen LogP contribution in [-0.4, -0.2) is 47.7 Å². The highest BCUT2D eigenvalue weighted by atomic mass is 16.5. The second-order valence-electron chi connectivity index (χ2n) is 5.50. The van der Waals surface area contributed by atoms with Crippen LogP contribution in [0.25, 0.3) is 0 Å². The van der Waals surface area contributed by atoms with E-state index < -0.39 is 0 Å². The molecule has 0 aromatic carbocycles. The summed E-state index contributed by atoms with van der Waals surface area (Å²) in [5, 5.41) is 3.26. The van der Waals surface area contributed by atoms with E-state index in [1.165, 1.54) is 6.33 Å². The summed E-state index contributed by atoms with van der Waals surface area (Å²) in [6.45, 7) is 9.02. The molecule has 0 aliphatic heterocycles. The van der Waals surface area contributed by atoms with E-state index in [2.05, 4.69) is 41.1 Å². The van der Waals surface area contributed by atoms with Gasteiger partial charge in [-0.3, -0.25) is 0 Å². The third kappa shape index (κ3) is 6.16. The van der Waals surface area contributed by atoms with Crippen LogP contribution in [0.5, 0.6) is 5.88 Å². The SMILES string of the molecule is CCCOc1ncnc(NCCCCN(C)C(C)C)c1N. The smallest absolute Gasteiger partial charge is 0.242 e. The van der Waals surface area contributed by atoms with Crippen LogP contribution < -0.4 is 15.8 Å². The first kappa shape index (κ1) is 17.5. The topological polar surface area (TPSA) is 76.3 Å². The summed E-state index contributed by atoms with van der Waals surface area (Å²) < 4.78 is 5.49. The minimum atomic E-state index is 0.467. The highest BCUT2D eigenvalue weighted by Crippen LogP contribution is 2.24. The van der Waals surface area contributed by atoms with E-state index in [-0.39, 0.29) is 0 Å². The van der Waals surface area contributed by atoms with E-state index >= 15 is 0 Å². The van der Waals surface area contributed by atoms with E-state index in [0.717, 1.165) is 32.4 Å². The molecule has 21 heavy (non-hydrogen) atoms. The van der Waals surface area contributed by atoms with Gasteiger partial charge in [0.15, 0.2) is 5.82 Å². The van der Waals surface area contributed by atoms with Crippen molar-refractivity contribution in [1.82, 2.24) is 14.9 Å². The van der Waals surface area contributed by atoms with Crippen molar-refractivity contribution >= 4 is 11.5 Å². The van der Waals surface area contributed by atoms with Gasteiger partial charge in [-0.25, -0.2) is 4.98 Å². The van der Waals surface area contributed by atoms with Gasteiger partial charge in [-0.05, 0) is 46.7 Å². The molecule has 0 amide bonds. The van der Waals surface area contributed by atoms with Gasteiger partial charge in [-0.1, -0.05) is 6.92 Å². The lowest BCUT2D eigenvalue weighted by Crippen LogP contribution is -2.27. The first-order valence-electron chi connectivity index (χ1n) is 7.73. The largest absolute Gasteiger partial charge is 0.476 e. The summed E-state index contributed by atoms with van der Waals surface area (Å²) in [5.41, 5.74) is 6.50. The fourth-order valence-corrected chi connectivity index (χ4v) is 1.79. The molecule has 0 aliphatic rings. The Kier molecular flexibility index (Phi) is 7.82. The quantitative estimate of drug-likeness (QED) is 0.645. The molecule has 0 saturated carbocycles. The molecule has 0 spiro atoms. The van der Waals surface area contributed by atoms with Crippen molar-refractivity contribution < 1.29 is 4.74 Å². The molecule has 120 valence electrons. The molecule has 1 heterocycles. The van der Waals surface area contributed by atoms with Crippen molar-refractivity contribution in [3.63, 3.8) is 0 Å². The molecule has 6 heteroatoms. The highest BCUT2D eigenvalue weighted by molar-refractivity contribution is 5.66. The van der Waals surface area contributed by atoms with Gasteiger partial charge in [-0.15, -0.1) is 0 Å². The monoisotopic (exact) mass is 295 g/mol. The maximum Gasteiger partial charge on any atom is 0.242 e. The summed E-state index contributed by atoms with van der Waals surface area (Å²) in [4.78, 5) is 10.6. The minimum absolute atomic E-state index is 0.467. The van der Waals surface area contributed by atoms with Crippen LogP contribution >= 0.6 is 0 Å². The zero-order chi connectivity index (χ0) is 15.7. The Morgan fingerprint density at radius 2 is 2.10 bits per heavy atom. The van der Waals surface area contributed by atoms with Crippen molar-refractivity contribution in [2.45, 2.75) is 46.1 Å². The Morgan fingerprint density at radius 1 is 1.33 bits per heavy atom. The third-order valence-electron chi connectivity index (χ3n) is 3.40. The number of hydrogen-bond donors (Lipinski definition) is 2. The van der Waals surface area contributed by atoms with Gasteiger partial charge in [0, 0.05) is 12.6 Å². The lowest BCUT2D eigenvalue weighted by molar-refractivity contribution is 0.269. The van der Waals surface area contributed by atoms with Crippen LogP contribution in [0.4, 0.5) is 11.5 Å². The molecule has 0 bridgehead atoms. The highest BCUT2D eigenvalue weighted by Gasteiger charge is 2.08. The van der Waals surface area contributed by atoms with Crippen molar-refractivity contribution in [3.05, 3.63) is 6.33 Å². The standard InChI is InChI=1S/C15H29N5O/c1-5-10-21-15-13(16)14(18-11-19-15)17-8-6-7-9-20(4)12(2)3/h11-12H,5-10,16H2,1-4H3,(H,17,18,19). The van der Waals surface area contributed by atoms with E-state index in [0.29, 0.717) is 30.0 Å². The first-order valence-corrected chi connectivity index (χ1v) is 7.73. The van der Waals surface area contributed by atoms with Gasteiger partial charge in [0.1, 0.15) is 12.0 Å². The summed E-state index contributed by atoms with van der Waals surface area (Å²) >= 11 is 0. The summed E-state index contributed by atoms with van der Waals surface area (Å²) in [7, 11) is 2.15. The molecule has 3 N–H and O–H groups in total. The molecular formula is C15H29N5O. The number of hydrogen-bond acceptors (Lipinski definition) is 6. The molecule has 1 aromatic rings. The zero-order valence-corrected chi connectivity index (χ0v) is 13.7. The maximum absolute atomic E-state index is 6.01. The molecule has 0 saturated heterocycles. The summed E-state index contributed by atoms with van der Waals surface area (Å²) in [6.07, 6.45) is 4.63. The Morgan fingerprint density at radius 3 is 2.76 bits per heavy atom. The van der Waals surface area contributed by atoms with Gasteiger partial charge >= 0.3 is 0 Å². The van der Waals surface area contributed by atoms with Crippen LogP contribution in [0.1, 0.15) is 40.0 Å². The second-order valence-corrected chi connectivity index (χ2v) is 5.50. The Bertz CT molecular complexity index is 411. The lowest BCUT2D eigenvalue weighted by atomic mass is 10.2. The number of anilines is 2. The molecule has 0 unspecified atom stereocenters. The van der Waals surface area contributed by atoms with Gasteiger partial charge in [0.25, 0.3) is 0 Å². The normalized spacial score (nSPS) is 11.1. The van der Waals surface area contributed by atoms with Gasteiger partial charge in [0.05, 0.1) is 6.61 Å². The average Bonchev–Trinajstić information content (AvgIpc) is 2.46. The van der Waals surface area contributed by atoms with Crippen LogP contribution in [0.2, 0.25) is 0 Å². The molecule has 1 rings (SSSR count). The van der Waals surface area contributed by atoms with Crippen LogP contribution in [0.15, 0.2) is 6.33 Å². The fourth-order valence-electron chi connectivity index (χ4n) is 1.79. The molecule has 0 aliphatic carbocycles. The molecule has 0 atom stereocenters. The van der Waals surface area contributed by atoms with Gasteiger partial charge in [-0.2, -0.15) is 4.98 Å². The van der Waals surface area contributed by atoms with Gasteiger partial charge < -0.3 is 20.7 Å². The van der Waals surface area contributed by atoms with E-state index in [1.807, 2.05) is 6.92 Å². The number of aromatic nitrogens is 2. The van der Waals surface area contributed by atoms with Gasteiger partial charge in [0.2, 0.25) is 5.88 Å². The number of unbranched alkanes of at least 4 members (excludes halogenated alkanes) is 1. The molecule has 0 fully saturated rings. The number of nitrogen functional groups attached to an aromatic ring is 1. The van der Waals surface area contributed by atoms with Crippen LogP contribution in [0, 0.1) is 0 Å². The Balaban J connectivity index is 2.35. The number of nitrogens with zero attached hydrogens (tertiary/aromatic N) is 3. The molecular weight excluding hydrogens is 266 g/mol. The Hall–Kier alpha value is -1.56. The van der Waals surface area contributed by atoms with Crippen molar-refractivity contribution in [2.24, 2.45) is 0 Å². The number of ether oxygens (including phenoxy) is 1. The number of rotatable bonds is 10. The second kappa shape index (κ2) is 9.39. The third-order valence-corrected chi connectivity index (χ3v) is 3.40. The van der Waals surface area contributed by atoms with Crippen molar-refractivity contribution in [1.29, 1.82) is 0 Å². The Labute approximate surface area is 128 Å². The predicted octanol–water partition coefficient (Wildman–Crippen LogP) is 2.38.